The highest BCUT2D eigenvalue weighted by Crippen LogP contribution is 2.30. The van der Waals surface area contributed by atoms with Crippen molar-refractivity contribution in [3.8, 4) is 17.1 Å². The Kier molecular flexibility index (Phi) is 5.04. The molecule has 0 amide bonds. The Hall–Kier alpha value is -2.90. The molecular formula is C20H19N3O3S. The van der Waals surface area contributed by atoms with Gasteiger partial charge in [-0.2, -0.15) is 0 Å². The third-order valence-corrected chi connectivity index (χ3v) is 5.06. The van der Waals surface area contributed by atoms with Crippen LogP contribution in [0.15, 0.2) is 63.3 Å². The van der Waals surface area contributed by atoms with Crippen molar-refractivity contribution >= 4 is 21.6 Å². The summed E-state index contributed by atoms with van der Waals surface area (Å²) in [6.45, 7) is 1.82. The number of para-hydroxylation sites is 1. The predicted octanol–water partition coefficient (Wildman–Crippen LogP) is 3.76. The summed E-state index contributed by atoms with van der Waals surface area (Å²) in [7, 11) is 1.97. The molecule has 0 saturated carbocycles. The number of hydrogen-bond acceptors (Lipinski definition) is 6. The Morgan fingerprint density at radius 3 is 2.85 bits per heavy atom. The van der Waals surface area contributed by atoms with Crippen molar-refractivity contribution in [2.75, 3.05) is 20.2 Å². The lowest BCUT2D eigenvalue weighted by atomic mass is 10.2. The first-order valence-corrected chi connectivity index (χ1v) is 9.49. The maximum Gasteiger partial charge on any atom is 0.260 e. The van der Waals surface area contributed by atoms with Gasteiger partial charge in [0.25, 0.3) is 5.56 Å². The van der Waals surface area contributed by atoms with Crippen molar-refractivity contribution in [2.45, 2.75) is 6.54 Å². The van der Waals surface area contributed by atoms with Gasteiger partial charge >= 0.3 is 0 Å². The number of nitrogens with zero attached hydrogens (tertiary/aromatic N) is 2. The van der Waals surface area contributed by atoms with Gasteiger partial charge in [0, 0.05) is 17.5 Å². The molecule has 0 bridgehead atoms. The maximum atomic E-state index is 12.6. The first-order chi connectivity index (χ1) is 13.2. The van der Waals surface area contributed by atoms with Crippen LogP contribution >= 0.6 is 11.3 Å². The highest BCUT2D eigenvalue weighted by atomic mass is 32.1. The van der Waals surface area contributed by atoms with E-state index < -0.39 is 0 Å². The van der Waals surface area contributed by atoms with Crippen molar-refractivity contribution in [1.29, 1.82) is 0 Å². The minimum atomic E-state index is -0.142. The smallest absolute Gasteiger partial charge is 0.260 e. The number of fused-ring (bicyclic) bond motifs is 1. The molecule has 0 spiro atoms. The zero-order valence-corrected chi connectivity index (χ0v) is 15.7. The van der Waals surface area contributed by atoms with Crippen molar-refractivity contribution in [3.05, 3.63) is 70.3 Å². The molecule has 1 N–H and O–H groups in total. The summed E-state index contributed by atoms with van der Waals surface area (Å²) >= 11 is 1.45. The summed E-state index contributed by atoms with van der Waals surface area (Å²) in [5.74, 6) is 2.17. The number of H-pyrrole nitrogens is 1. The lowest BCUT2D eigenvalue weighted by Crippen LogP contribution is -2.26. The van der Waals surface area contributed by atoms with E-state index in [1.165, 1.54) is 11.3 Å². The minimum Gasteiger partial charge on any atom is -0.492 e. The molecule has 27 heavy (non-hydrogen) atoms. The van der Waals surface area contributed by atoms with Crippen LogP contribution in [0, 0.1) is 0 Å². The highest BCUT2D eigenvalue weighted by molar-refractivity contribution is 7.17. The average Bonchev–Trinajstić information content (AvgIpc) is 3.32. The van der Waals surface area contributed by atoms with E-state index in [1.54, 1.807) is 12.3 Å². The van der Waals surface area contributed by atoms with Gasteiger partial charge in [0.2, 0.25) is 0 Å². The summed E-state index contributed by atoms with van der Waals surface area (Å²) < 4.78 is 11.1. The summed E-state index contributed by atoms with van der Waals surface area (Å²) in [4.78, 5) is 22.9. The Labute approximate surface area is 160 Å². The predicted molar refractivity (Wildman–Crippen MR) is 106 cm³/mol. The van der Waals surface area contributed by atoms with Gasteiger partial charge < -0.3 is 14.1 Å². The van der Waals surface area contributed by atoms with E-state index in [0.29, 0.717) is 35.0 Å². The van der Waals surface area contributed by atoms with Gasteiger partial charge in [0.05, 0.1) is 18.2 Å². The van der Waals surface area contributed by atoms with Gasteiger partial charge in [0.15, 0.2) is 0 Å². The van der Waals surface area contributed by atoms with Crippen LogP contribution < -0.4 is 10.3 Å². The topological polar surface area (TPSA) is 71.4 Å². The largest absolute Gasteiger partial charge is 0.492 e. The number of aromatic nitrogens is 2. The number of rotatable bonds is 7. The number of aromatic amines is 1. The van der Waals surface area contributed by atoms with Crippen molar-refractivity contribution < 1.29 is 9.15 Å². The molecule has 0 radical (unpaired) electrons. The van der Waals surface area contributed by atoms with E-state index >= 15 is 0 Å². The zero-order valence-electron chi connectivity index (χ0n) is 14.8. The molecule has 1 aromatic carbocycles. The molecule has 0 aliphatic rings. The van der Waals surface area contributed by atoms with Crippen molar-refractivity contribution in [2.24, 2.45) is 0 Å². The van der Waals surface area contributed by atoms with Crippen LogP contribution in [0.1, 0.15) is 5.82 Å². The molecule has 0 unspecified atom stereocenters. The summed E-state index contributed by atoms with van der Waals surface area (Å²) in [5, 5.41) is 2.49. The molecule has 3 heterocycles. The second kappa shape index (κ2) is 7.77. The number of likely N-dealkylation sites (N-methyl/N-ethyl adjacent to an activating group) is 1. The lowest BCUT2D eigenvalue weighted by Gasteiger charge is -2.16. The zero-order chi connectivity index (χ0) is 18.6. The molecule has 138 valence electrons. The monoisotopic (exact) mass is 381 g/mol. The van der Waals surface area contributed by atoms with E-state index in [4.69, 9.17) is 9.15 Å². The molecule has 6 nitrogen and oxygen atoms in total. The molecule has 0 saturated heterocycles. The van der Waals surface area contributed by atoms with Gasteiger partial charge in [-0.1, -0.05) is 18.2 Å². The first kappa shape index (κ1) is 17.5. The van der Waals surface area contributed by atoms with E-state index in [9.17, 15) is 4.79 Å². The van der Waals surface area contributed by atoms with Gasteiger partial charge in [0.1, 0.15) is 28.8 Å². The van der Waals surface area contributed by atoms with Crippen LogP contribution in [0.2, 0.25) is 0 Å². The molecule has 0 fully saturated rings. The van der Waals surface area contributed by atoms with Crippen LogP contribution in [-0.4, -0.2) is 35.1 Å². The SMILES string of the molecule is CN(CCOc1ccccc1)Cc1nc2scc(-c3ccco3)c2c(=O)[nH]1. The first-order valence-electron chi connectivity index (χ1n) is 8.61. The molecule has 0 atom stereocenters. The van der Waals surface area contributed by atoms with Gasteiger partial charge in [-0.15, -0.1) is 11.3 Å². The number of benzene rings is 1. The Balaban J connectivity index is 1.44. The summed E-state index contributed by atoms with van der Waals surface area (Å²) in [6, 6.07) is 13.4. The normalized spacial score (nSPS) is 11.3. The molecule has 4 rings (SSSR count). The van der Waals surface area contributed by atoms with Crippen LogP contribution in [0.5, 0.6) is 5.75 Å². The fourth-order valence-electron chi connectivity index (χ4n) is 2.85. The van der Waals surface area contributed by atoms with E-state index in [-0.39, 0.29) is 5.56 Å². The van der Waals surface area contributed by atoms with E-state index in [1.807, 2.05) is 48.8 Å². The molecule has 0 aliphatic heterocycles. The maximum absolute atomic E-state index is 12.6. The van der Waals surface area contributed by atoms with E-state index in [2.05, 4.69) is 14.9 Å². The Bertz CT molecular complexity index is 1070. The number of furan rings is 1. The van der Waals surface area contributed by atoms with Gasteiger partial charge in [-0.05, 0) is 31.3 Å². The van der Waals surface area contributed by atoms with Crippen LogP contribution in [0.3, 0.4) is 0 Å². The second-order valence-electron chi connectivity index (χ2n) is 6.22. The van der Waals surface area contributed by atoms with Crippen molar-refractivity contribution in [3.63, 3.8) is 0 Å². The van der Waals surface area contributed by atoms with E-state index in [0.717, 1.165) is 17.9 Å². The molecule has 3 aromatic heterocycles. The van der Waals surface area contributed by atoms with Crippen LogP contribution in [0.25, 0.3) is 21.5 Å². The average molecular weight is 381 g/mol. The molecule has 7 heteroatoms. The summed E-state index contributed by atoms with van der Waals surface area (Å²) in [6.07, 6.45) is 1.60. The standard InChI is InChI=1S/C20H19N3O3S/c1-23(9-11-25-14-6-3-2-4-7-14)12-17-21-19(24)18-15(13-27-20(18)22-17)16-8-5-10-26-16/h2-8,10,13H,9,11-12H2,1H3,(H,21,22,24). The number of ether oxygens (including phenoxy) is 1. The summed E-state index contributed by atoms with van der Waals surface area (Å²) in [5.41, 5.74) is 0.640. The Morgan fingerprint density at radius 1 is 1.22 bits per heavy atom. The molecule has 0 aliphatic carbocycles. The van der Waals surface area contributed by atoms with Gasteiger partial charge in [-0.3, -0.25) is 9.69 Å². The molecule has 4 aromatic rings. The number of thiophene rings is 1. The number of hydrogen-bond donors (Lipinski definition) is 1. The Morgan fingerprint density at radius 2 is 2.07 bits per heavy atom. The third-order valence-electron chi connectivity index (χ3n) is 4.18. The second-order valence-corrected chi connectivity index (χ2v) is 7.08. The van der Waals surface area contributed by atoms with Crippen molar-refractivity contribution in [1.82, 2.24) is 14.9 Å². The lowest BCUT2D eigenvalue weighted by molar-refractivity contribution is 0.230. The quantitative estimate of drug-likeness (QED) is 0.528. The fourth-order valence-corrected chi connectivity index (χ4v) is 3.80. The highest BCUT2D eigenvalue weighted by Gasteiger charge is 2.15. The van der Waals surface area contributed by atoms with Gasteiger partial charge in [-0.25, -0.2) is 4.98 Å². The third kappa shape index (κ3) is 3.94. The fraction of sp³-hybridized carbons (Fsp3) is 0.200. The van der Waals surface area contributed by atoms with Crippen LogP contribution in [0.4, 0.5) is 0 Å². The molecular weight excluding hydrogens is 362 g/mol. The van der Waals surface area contributed by atoms with Crippen LogP contribution in [-0.2, 0) is 6.54 Å². The minimum absolute atomic E-state index is 0.142. The number of nitrogens with one attached hydrogen (secondary N) is 1.